The molecule has 0 aromatic heterocycles. The Morgan fingerprint density at radius 3 is 1.35 bits per heavy atom. The quantitative estimate of drug-likeness (QED) is 0.0338. The van der Waals surface area contributed by atoms with Gasteiger partial charge in [0.2, 0.25) is 11.8 Å². The average Bonchev–Trinajstić information content (AvgIpc) is 0.747. The third kappa shape index (κ3) is 24.1. The fourth-order valence-electron chi connectivity index (χ4n) is 11.8. The highest BCUT2D eigenvalue weighted by Gasteiger charge is 2.65. The number of nitrogens with one attached hydrogen (secondary N) is 2. The van der Waals surface area contributed by atoms with Crippen LogP contribution in [0.3, 0.4) is 0 Å². The first-order valence-electron chi connectivity index (χ1n) is 32.2. The maximum absolute atomic E-state index is 15.1. The molecule has 5 saturated heterocycles. The van der Waals surface area contributed by atoms with Crippen molar-refractivity contribution in [2.75, 3.05) is 40.1 Å². The van der Waals surface area contributed by atoms with Crippen LogP contribution >= 0.6 is 0 Å². The topological polar surface area (TPSA) is 527 Å². The molecule has 5 heterocycles. The van der Waals surface area contributed by atoms with Crippen molar-refractivity contribution in [3.8, 4) is 0 Å². The van der Waals surface area contributed by atoms with E-state index in [4.69, 9.17) is 104 Å². The van der Waals surface area contributed by atoms with Crippen molar-refractivity contribution in [2.24, 2.45) is 0 Å². The second kappa shape index (κ2) is 38.7. The zero-order chi connectivity index (χ0) is 77.2. The number of carbonyl (C=O) groups is 14. The third-order valence-corrected chi connectivity index (χ3v) is 15.6. The summed E-state index contributed by atoms with van der Waals surface area (Å²) in [5, 5.41) is 38.9. The Bertz CT molecular complexity index is 3020. The second-order valence-electron chi connectivity index (χ2n) is 24.0. The fraction of sp³-hybridized carbons (Fsp3) is 0.774. The summed E-state index contributed by atoms with van der Waals surface area (Å²) in [5.74, 6) is -18.8. The van der Waals surface area contributed by atoms with Gasteiger partial charge in [0.25, 0.3) is 5.79 Å². The van der Waals surface area contributed by atoms with E-state index in [2.05, 4.69) is 10.6 Å². The highest BCUT2D eigenvalue weighted by Crippen LogP contribution is 2.44. The second-order valence-corrected chi connectivity index (χ2v) is 24.0. The van der Waals surface area contributed by atoms with Crippen molar-refractivity contribution in [1.29, 1.82) is 0 Å². The van der Waals surface area contributed by atoms with Crippen LogP contribution in [0, 0.1) is 0 Å². The lowest BCUT2D eigenvalue weighted by atomic mass is 9.87. The van der Waals surface area contributed by atoms with Gasteiger partial charge in [-0.05, 0) is 13.8 Å². The van der Waals surface area contributed by atoms with Gasteiger partial charge in [0, 0.05) is 96.6 Å². The molecule has 0 aromatic rings. The number of rotatable bonds is 30. The Morgan fingerprint density at radius 1 is 0.447 bits per heavy atom. The van der Waals surface area contributed by atoms with Crippen LogP contribution < -0.4 is 10.6 Å². The Balaban J connectivity index is 1.90. The smallest absolute Gasteiger partial charge is 0.366 e. The van der Waals surface area contributed by atoms with E-state index in [1.807, 2.05) is 0 Å². The molecule has 5 fully saturated rings. The zero-order valence-corrected chi connectivity index (χ0v) is 59.2. The van der Waals surface area contributed by atoms with Crippen LogP contribution in [-0.4, -0.2) is 298 Å². The molecular weight excluding hydrogens is 1400 g/mol. The first-order valence-corrected chi connectivity index (χ1v) is 32.2. The van der Waals surface area contributed by atoms with E-state index in [0.717, 1.165) is 97.1 Å². The number of amides is 2. The molecule has 0 bridgehead atoms. The number of hydrogen-bond donors (Lipinski definition) is 5. The van der Waals surface area contributed by atoms with Crippen molar-refractivity contribution in [1.82, 2.24) is 10.6 Å². The Kier molecular flexibility index (Phi) is 32.2. The molecule has 5 aliphatic heterocycles. The minimum absolute atomic E-state index is 0.171. The van der Waals surface area contributed by atoms with E-state index in [9.17, 15) is 77.6 Å². The molecule has 103 heavy (non-hydrogen) atoms. The van der Waals surface area contributed by atoms with E-state index >= 15 is 4.79 Å². The summed E-state index contributed by atoms with van der Waals surface area (Å²) < 4.78 is 131. The first kappa shape index (κ1) is 85.7. The lowest BCUT2D eigenvalue weighted by Crippen LogP contribution is -2.73. The summed E-state index contributed by atoms with van der Waals surface area (Å²) in [6.07, 6.45) is -48.1. The lowest BCUT2D eigenvalue weighted by Gasteiger charge is -2.53. The lowest BCUT2D eigenvalue weighted by molar-refractivity contribution is -0.397. The number of methoxy groups -OCH3 is 1. The van der Waals surface area contributed by atoms with Crippen molar-refractivity contribution in [3.63, 3.8) is 0 Å². The van der Waals surface area contributed by atoms with Crippen LogP contribution in [0.25, 0.3) is 0 Å². The molecule has 0 aliphatic carbocycles. The van der Waals surface area contributed by atoms with Gasteiger partial charge < -0.3 is 130 Å². The molecule has 0 aromatic carbocycles. The number of esters is 12. The van der Waals surface area contributed by atoms with Gasteiger partial charge in [0.15, 0.2) is 61.8 Å². The number of aliphatic hydroxyl groups is 3. The molecule has 582 valence electrons. The molecule has 0 radical (unpaired) electrons. The average molecular weight is 1490 g/mol. The van der Waals surface area contributed by atoms with Gasteiger partial charge in [0.1, 0.15) is 106 Å². The molecule has 41 heteroatoms. The minimum Gasteiger partial charge on any atom is -0.465 e. The predicted molar refractivity (Wildman–Crippen MR) is 324 cm³/mol. The predicted octanol–water partition coefficient (Wildman–Crippen LogP) is -3.99. The molecular formula is C62H90N2O39. The van der Waals surface area contributed by atoms with Crippen molar-refractivity contribution < 1.29 is 187 Å². The van der Waals surface area contributed by atoms with E-state index < -0.39 is 275 Å². The summed E-state index contributed by atoms with van der Waals surface area (Å²) in [5.41, 5.74) is 0. The Hall–Kier alpha value is -7.94. The highest BCUT2D eigenvalue weighted by atomic mass is 16.8. The molecule has 5 aliphatic rings. The summed E-state index contributed by atoms with van der Waals surface area (Å²) in [6.45, 7) is 10.9. The largest absolute Gasteiger partial charge is 0.465 e. The number of carbonyl (C=O) groups excluding carboxylic acids is 14. The van der Waals surface area contributed by atoms with E-state index in [1.54, 1.807) is 0 Å². The zero-order valence-electron chi connectivity index (χ0n) is 59.2. The molecule has 5 N–H and O–H groups in total. The summed E-state index contributed by atoms with van der Waals surface area (Å²) in [4.78, 5) is 186. The normalized spacial score (nSPS) is 34.0. The van der Waals surface area contributed by atoms with Crippen LogP contribution in [0.1, 0.15) is 110 Å². The maximum Gasteiger partial charge on any atom is 0.366 e. The maximum atomic E-state index is 15.1. The molecule has 2 amide bonds. The van der Waals surface area contributed by atoms with Crippen LogP contribution in [0.15, 0.2) is 0 Å². The van der Waals surface area contributed by atoms with Crippen LogP contribution in [0.4, 0.5) is 0 Å². The van der Waals surface area contributed by atoms with E-state index in [1.165, 1.54) is 13.8 Å². The SMILES string of the molecule is CCO[C@@H]1O[C@H](COC(C)=O)[C@H](OC(C)=O)[C@H](O[C@@H]2O[C@H](COC(C)=O)[C@@H](O[C@@H]3O[C@H](COC(C)=O)[C@H](OC(C)=O)[C@H](O[C@]4(C(=O)OC)C[C@H](OC(C)=O)[C@@H](NC(C)=O)[C@H]([C@H](OC(C)=O)[C@@H](COC(C)=O)OC(C)=O)O4)[C@H]3OC(C)=O)[C@H](O[C@@H]3O[C@@H](C)[C@@H](O)[C@@H](O)[C@@H]3O)[C@H]2NC(C)=O)[C@H]1OC(C)=O. The van der Waals surface area contributed by atoms with Gasteiger partial charge in [0.05, 0.1) is 25.7 Å². The molecule has 0 spiro atoms. The van der Waals surface area contributed by atoms with Gasteiger partial charge in [-0.2, -0.15) is 0 Å². The van der Waals surface area contributed by atoms with E-state index in [0.29, 0.717) is 0 Å². The number of aliphatic hydroxyl groups excluding tert-OH is 3. The first-order chi connectivity index (χ1) is 48.2. The van der Waals surface area contributed by atoms with Crippen LogP contribution in [0.2, 0.25) is 0 Å². The summed E-state index contributed by atoms with van der Waals surface area (Å²) in [7, 11) is 0.779. The highest BCUT2D eigenvalue weighted by molar-refractivity contribution is 5.79. The summed E-state index contributed by atoms with van der Waals surface area (Å²) in [6, 6.07) is -3.86. The molecule has 5 rings (SSSR count). The fourth-order valence-corrected chi connectivity index (χ4v) is 11.8. The van der Waals surface area contributed by atoms with Crippen molar-refractivity contribution in [2.45, 2.75) is 269 Å². The van der Waals surface area contributed by atoms with Crippen molar-refractivity contribution >= 4 is 83.4 Å². The van der Waals surface area contributed by atoms with Gasteiger partial charge in [-0.3, -0.25) is 62.3 Å². The van der Waals surface area contributed by atoms with Gasteiger partial charge in [-0.25, -0.2) is 4.79 Å². The van der Waals surface area contributed by atoms with Crippen LogP contribution in [0.5, 0.6) is 0 Å². The summed E-state index contributed by atoms with van der Waals surface area (Å²) >= 11 is 0. The standard InChI is InChI=1S/C62H90N2O39/c1-17-83-59-55(94-35(14)76)53(49(92-33(12)74)40(97-59)21-86-28(7)69)101-57-43(64-25(4)66)51(100-58-46(80)45(79)44(78)23(2)88-58)47(39(96-57)20-85-27(6)68)99-60-56(95-36(15)77)54(50(93-34(13)75)41(98-60)22-87-29(8)70)103-62(61(81)82-16)18-37(89-30(9)71)42(63-24(3)65)52(102-62)48(91-32(11)73)38(90-31(10)72)19-84-26(5)67/h23,37-60,78-80H,17-22H2,1-16H3,(H,63,65)(H,64,66)/t23-,37-,38+,39+,40+,41+,42+,43+,44+,45+,46-,47+,48+,49-,50-,51+,52+,53-,54-,55+,56+,57-,58-,59+,60-,62-/m0/s1. The molecule has 41 nitrogen and oxygen atoms in total. The Labute approximate surface area is 588 Å². The minimum atomic E-state index is -3.31. The third-order valence-electron chi connectivity index (χ3n) is 15.6. The van der Waals surface area contributed by atoms with Crippen molar-refractivity contribution in [3.05, 3.63) is 0 Å². The monoisotopic (exact) mass is 1490 g/mol. The Morgan fingerprint density at radius 2 is 0.883 bits per heavy atom. The number of hydrogen-bond acceptors (Lipinski definition) is 39. The van der Waals surface area contributed by atoms with Crippen LogP contribution in [-0.2, 0) is 171 Å². The molecule has 0 unspecified atom stereocenters. The molecule has 0 saturated carbocycles. The van der Waals surface area contributed by atoms with E-state index in [-0.39, 0.29) is 6.61 Å². The van der Waals surface area contributed by atoms with Gasteiger partial charge in [-0.15, -0.1) is 0 Å². The number of ether oxygens (including phenoxy) is 22. The van der Waals surface area contributed by atoms with Gasteiger partial charge >= 0.3 is 71.6 Å². The molecule has 26 atom stereocenters. The van der Waals surface area contributed by atoms with Gasteiger partial charge in [-0.1, -0.05) is 0 Å².